The molecule has 0 radical (unpaired) electrons. The average molecular weight is 159 g/mol. The summed E-state index contributed by atoms with van der Waals surface area (Å²) in [5.41, 5.74) is 2.19. The van der Waals surface area contributed by atoms with Crippen molar-refractivity contribution >= 4 is 0 Å². The number of nitriles is 1. The first kappa shape index (κ1) is 8.80. The van der Waals surface area contributed by atoms with Crippen molar-refractivity contribution in [2.45, 2.75) is 26.2 Å². The molecule has 1 aliphatic carbocycles. The second kappa shape index (κ2) is 4.56. The van der Waals surface area contributed by atoms with Crippen LogP contribution in [-0.2, 0) is 0 Å². The van der Waals surface area contributed by atoms with Crippen molar-refractivity contribution in [2.24, 2.45) is 0 Å². The van der Waals surface area contributed by atoms with E-state index in [-0.39, 0.29) is 0 Å². The monoisotopic (exact) mass is 159 g/mol. The van der Waals surface area contributed by atoms with E-state index in [2.05, 4.69) is 25.1 Å². The normalized spacial score (nSPS) is 16.0. The molecule has 0 N–H and O–H groups in total. The highest BCUT2D eigenvalue weighted by molar-refractivity contribution is 5.35. The van der Waals surface area contributed by atoms with Crippen LogP contribution in [0.25, 0.3) is 0 Å². The van der Waals surface area contributed by atoms with Gasteiger partial charge in [-0.15, -0.1) is 0 Å². The third-order valence-electron chi connectivity index (χ3n) is 1.87. The number of hydrogen-bond donors (Lipinski definition) is 0. The Hall–Kier alpha value is -1.29. The molecule has 62 valence electrons. The molecule has 0 aromatic rings. The Morgan fingerprint density at radius 2 is 2.42 bits per heavy atom. The summed E-state index contributed by atoms with van der Waals surface area (Å²) in [6, 6.07) is 2.17. The van der Waals surface area contributed by atoms with E-state index in [4.69, 9.17) is 5.26 Å². The molecule has 0 heterocycles. The Labute approximate surface area is 73.7 Å². The predicted octanol–water partition coefficient (Wildman–Crippen LogP) is 3.12. The van der Waals surface area contributed by atoms with Crippen LogP contribution in [0.1, 0.15) is 26.2 Å². The van der Waals surface area contributed by atoms with Crippen molar-refractivity contribution < 1.29 is 0 Å². The van der Waals surface area contributed by atoms with Gasteiger partial charge >= 0.3 is 0 Å². The van der Waals surface area contributed by atoms with Gasteiger partial charge in [-0.2, -0.15) is 5.26 Å². The van der Waals surface area contributed by atoms with Crippen molar-refractivity contribution in [1.29, 1.82) is 5.26 Å². The highest BCUT2D eigenvalue weighted by Gasteiger charge is 1.97. The van der Waals surface area contributed by atoms with Gasteiger partial charge in [0, 0.05) is 12.0 Å². The minimum absolute atomic E-state index is 0.791. The Balaban J connectivity index is 2.65. The van der Waals surface area contributed by atoms with Gasteiger partial charge in [0.05, 0.1) is 6.07 Å². The molecule has 0 saturated carbocycles. The van der Waals surface area contributed by atoms with E-state index in [1.807, 2.05) is 12.2 Å². The summed E-state index contributed by atoms with van der Waals surface area (Å²) < 4.78 is 0. The van der Waals surface area contributed by atoms with E-state index in [0.717, 1.165) is 24.8 Å². The Kier molecular flexibility index (Phi) is 3.35. The molecule has 0 amide bonds. The van der Waals surface area contributed by atoms with Gasteiger partial charge in [0.15, 0.2) is 0 Å². The summed E-state index contributed by atoms with van der Waals surface area (Å²) in [6.45, 7) is 2.16. The van der Waals surface area contributed by atoms with Gasteiger partial charge in [-0.25, -0.2) is 0 Å². The fraction of sp³-hybridized carbons (Fsp3) is 0.364. The van der Waals surface area contributed by atoms with E-state index in [1.165, 1.54) is 5.57 Å². The molecule has 0 spiro atoms. The number of rotatable bonds is 2. The van der Waals surface area contributed by atoms with Crippen molar-refractivity contribution in [3.05, 3.63) is 35.5 Å². The molecule has 1 aliphatic rings. The Bertz CT molecular complexity index is 274. The van der Waals surface area contributed by atoms with Gasteiger partial charge in [-0.3, -0.25) is 0 Å². The van der Waals surface area contributed by atoms with E-state index in [0.29, 0.717) is 0 Å². The van der Waals surface area contributed by atoms with Gasteiger partial charge < -0.3 is 0 Å². The van der Waals surface area contributed by atoms with Crippen molar-refractivity contribution in [1.82, 2.24) is 0 Å². The summed E-state index contributed by atoms with van der Waals surface area (Å²) in [5.74, 6) is 0. The lowest BCUT2D eigenvalue weighted by molar-refractivity contribution is 0.921. The lowest BCUT2D eigenvalue weighted by Gasteiger charge is -1.95. The maximum atomic E-state index is 8.65. The molecule has 1 rings (SSSR count). The molecule has 0 aromatic carbocycles. The lowest BCUT2D eigenvalue weighted by Crippen LogP contribution is -1.77. The summed E-state index contributed by atoms with van der Waals surface area (Å²) in [5, 5.41) is 8.65. The zero-order valence-electron chi connectivity index (χ0n) is 7.38. The van der Waals surface area contributed by atoms with E-state index < -0.39 is 0 Å². The summed E-state index contributed by atoms with van der Waals surface area (Å²) in [6.07, 6.45) is 11.2. The van der Waals surface area contributed by atoms with Crippen LogP contribution in [0.5, 0.6) is 0 Å². The topological polar surface area (TPSA) is 23.8 Å². The van der Waals surface area contributed by atoms with E-state index >= 15 is 0 Å². The fourth-order valence-corrected chi connectivity index (χ4v) is 1.22. The summed E-state index contributed by atoms with van der Waals surface area (Å²) in [4.78, 5) is 0. The third kappa shape index (κ3) is 2.39. The largest absolute Gasteiger partial charge is 0.193 e. The molecule has 1 heteroatoms. The zero-order valence-corrected chi connectivity index (χ0v) is 7.38. The van der Waals surface area contributed by atoms with E-state index in [1.54, 1.807) is 0 Å². The standard InChI is InChI=1S/C11H13N/c1-2-4-10-5-3-6-11(9-12)8-7-10/h3,5-7H,2,4,8H2,1H3. The average Bonchev–Trinajstić information content (AvgIpc) is 2.31. The van der Waals surface area contributed by atoms with Crippen molar-refractivity contribution in [2.75, 3.05) is 0 Å². The SMILES string of the molecule is CCCC1=CCC(C#N)=CC=C1. The minimum atomic E-state index is 0.791. The Morgan fingerprint density at radius 1 is 1.58 bits per heavy atom. The van der Waals surface area contributed by atoms with Crippen LogP contribution in [0.3, 0.4) is 0 Å². The van der Waals surface area contributed by atoms with Crippen molar-refractivity contribution in [3.8, 4) is 6.07 Å². The summed E-state index contributed by atoms with van der Waals surface area (Å²) in [7, 11) is 0. The molecule has 1 nitrogen and oxygen atoms in total. The highest BCUT2D eigenvalue weighted by atomic mass is 14.2. The van der Waals surface area contributed by atoms with Gasteiger partial charge in [0.2, 0.25) is 0 Å². The maximum absolute atomic E-state index is 8.65. The van der Waals surface area contributed by atoms with Crippen LogP contribution >= 0.6 is 0 Å². The first-order valence-electron chi connectivity index (χ1n) is 4.33. The molecule has 0 aromatic heterocycles. The lowest BCUT2D eigenvalue weighted by atomic mass is 10.1. The van der Waals surface area contributed by atoms with Crippen LogP contribution in [0.4, 0.5) is 0 Å². The molecule has 0 unspecified atom stereocenters. The Morgan fingerprint density at radius 3 is 3.08 bits per heavy atom. The molecular weight excluding hydrogens is 146 g/mol. The number of hydrogen-bond acceptors (Lipinski definition) is 1. The number of nitrogens with zero attached hydrogens (tertiary/aromatic N) is 1. The first-order valence-corrected chi connectivity index (χ1v) is 4.33. The zero-order chi connectivity index (χ0) is 8.81. The van der Waals surface area contributed by atoms with Crippen LogP contribution in [0.15, 0.2) is 35.5 Å². The summed E-state index contributed by atoms with van der Waals surface area (Å²) >= 11 is 0. The van der Waals surface area contributed by atoms with Crippen molar-refractivity contribution in [3.63, 3.8) is 0 Å². The highest BCUT2D eigenvalue weighted by Crippen LogP contribution is 2.14. The molecule has 0 saturated heterocycles. The minimum Gasteiger partial charge on any atom is -0.193 e. The fourth-order valence-electron chi connectivity index (χ4n) is 1.22. The first-order chi connectivity index (χ1) is 5.86. The molecule has 0 atom stereocenters. The molecule has 0 aliphatic heterocycles. The maximum Gasteiger partial charge on any atom is 0.0950 e. The molecule has 0 fully saturated rings. The van der Waals surface area contributed by atoms with Gasteiger partial charge in [0.25, 0.3) is 0 Å². The third-order valence-corrected chi connectivity index (χ3v) is 1.87. The van der Waals surface area contributed by atoms with Crippen LogP contribution in [0, 0.1) is 11.3 Å². The second-order valence-corrected chi connectivity index (χ2v) is 2.90. The smallest absolute Gasteiger partial charge is 0.0950 e. The van der Waals surface area contributed by atoms with Gasteiger partial charge in [-0.1, -0.05) is 37.1 Å². The predicted molar refractivity (Wildman–Crippen MR) is 50.4 cm³/mol. The molecule has 0 bridgehead atoms. The van der Waals surface area contributed by atoms with Gasteiger partial charge in [-0.05, 0) is 12.5 Å². The molecular formula is C11H13N. The van der Waals surface area contributed by atoms with Crippen LogP contribution < -0.4 is 0 Å². The molecule has 12 heavy (non-hydrogen) atoms. The van der Waals surface area contributed by atoms with E-state index in [9.17, 15) is 0 Å². The van der Waals surface area contributed by atoms with Gasteiger partial charge in [0.1, 0.15) is 0 Å². The number of allylic oxidation sites excluding steroid dienone is 6. The quantitative estimate of drug-likeness (QED) is 0.607. The second-order valence-electron chi connectivity index (χ2n) is 2.90. The van der Waals surface area contributed by atoms with Crippen LogP contribution in [0.2, 0.25) is 0 Å². The van der Waals surface area contributed by atoms with Crippen LogP contribution in [-0.4, -0.2) is 0 Å².